The van der Waals surface area contributed by atoms with E-state index in [0.29, 0.717) is 16.9 Å². The first-order valence-corrected chi connectivity index (χ1v) is 8.91. The molecular formula is C21H13BrO5. The molecule has 1 aromatic heterocycles. The summed E-state index contributed by atoms with van der Waals surface area (Å²) in [5, 5.41) is 0. The van der Waals surface area contributed by atoms with Crippen molar-refractivity contribution in [3.05, 3.63) is 87.5 Å². The number of rotatable bonds is 3. The molecule has 0 saturated heterocycles. The number of hydrogen-bond donors (Lipinski definition) is 0. The first-order valence-electron chi connectivity index (χ1n) is 8.11. The number of halogens is 1. The van der Waals surface area contributed by atoms with E-state index in [-0.39, 0.29) is 23.1 Å². The van der Waals surface area contributed by atoms with Crippen LogP contribution in [0.25, 0.3) is 6.08 Å². The number of hydrogen-bond acceptors (Lipinski definition) is 5. The lowest BCUT2D eigenvalue weighted by Crippen LogP contribution is -2.07. The summed E-state index contributed by atoms with van der Waals surface area (Å²) in [7, 11) is 0. The third-order valence-electron chi connectivity index (χ3n) is 4.02. The minimum atomic E-state index is -0.617. The van der Waals surface area contributed by atoms with Gasteiger partial charge in [0, 0.05) is 10.5 Å². The van der Waals surface area contributed by atoms with Crippen molar-refractivity contribution >= 4 is 33.8 Å². The molecule has 0 bridgehead atoms. The van der Waals surface area contributed by atoms with Crippen LogP contribution in [0.1, 0.15) is 32.0 Å². The van der Waals surface area contributed by atoms with Crippen LogP contribution in [0.3, 0.4) is 0 Å². The summed E-state index contributed by atoms with van der Waals surface area (Å²) in [6.07, 6.45) is 3.08. The molecule has 2 heterocycles. The largest absolute Gasteiger partial charge is 0.457 e. The minimum absolute atomic E-state index is 0.0976. The van der Waals surface area contributed by atoms with Gasteiger partial charge in [-0.2, -0.15) is 0 Å². The molecule has 0 spiro atoms. The van der Waals surface area contributed by atoms with Crippen LogP contribution in [0.5, 0.6) is 11.5 Å². The quantitative estimate of drug-likeness (QED) is 0.329. The maximum Gasteiger partial charge on any atom is 0.379 e. The normalized spacial score (nSPS) is 14.1. The van der Waals surface area contributed by atoms with Crippen molar-refractivity contribution in [2.45, 2.75) is 6.92 Å². The molecule has 1 aliphatic rings. The van der Waals surface area contributed by atoms with E-state index < -0.39 is 5.97 Å². The van der Waals surface area contributed by atoms with Gasteiger partial charge < -0.3 is 13.9 Å². The lowest BCUT2D eigenvalue weighted by atomic mass is 10.0. The average Bonchev–Trinajstić information content (AvgIpc) is 3.24. The van der Waals surface area contributed by atoms with Crippen molar-refractivity contribution < 1.29 is 23.5 Å². The third kappa shape index (κ3) is 3.44. The number of carbonyl (C=O) groups is 2. The smallest absolute Gasteiger partial charge is 0.379 e. The Hall–Kier alpha value is -3.12. The number of aryl methyl sites for hydroxylation is 1. The van der Waals surface area contributed by atoms with Crippen LogP contribution in [-0.4, -0.2) is 11.8 Å². The summed E-state index contributed by atoms with van der Waals surface area (Å²) in [5.74, 6) is 0.147. The van der Waals surface area contributed by atoms with E-state index in [9.17, 15) is 9.59 Å². The van der Waals surface area contributed by atoms with Crippen molar-refractivity contribution in [2.24, 2.45) is 0 Å². The maximum atomic E-state index is 12.7. The summed E-state index contributed by atoms with van der Waals surface area (Å²) < 4.78 is 17.0. The highest BCUT2D eigenvalue weighted by atomic mass is 79.9. The fraction of sp³-hybridized carbons (Fsp3) is 0.0476. The van der Waals surface area contributed by atoms with Crippen molar-refractivity contribution in [1.29, 1.82) is 0 Å². The number of allylic oxidation sites excluding steroid dienone is 1. The zero-order valence-electron chi connectivity index (χ0n) is 14.2. The van der Waals surface area contributed by atoms with Crippen molar-refractivity contribution in [3.8, 4) is 11.5 Å². The van der Waals surface area contributed by atoms with Gasteiger partial charge in [0.15, 0.2) is 5.76 Å². The van der Waals surface area contributed by atoms with Gasteiger partial charge in [-0.1, -0.05) is 28.1 Å². The summed E-state index contributed by atoms with van der Waals surface area (Å²) >= 11 is 3.40. The SMILES string of the molecule is Cc1cc(OC(=O)c2ccco2)cc2c1C(=O)/C(=C/c1cccc(Br)c1)O2. The molecule has 5 nitrogen and oxygen atoms in total. The highest BCUT2D eigenvalue weighted by molar-refractivity contribution is 9.10. The van der Waals surface area contributed by atoms with E-state index in [2.05, 4.69) is 15.9 Å². The number of ketones is 1. The van der Waals surface area contributed by atoms with Gasteiger partial charge in [0.05, 0.1) is 11.8 Å². The van der Waals surface area contributed by atoms with Gasteiger partial charge in [0.25, 0.3) is 0 Å². The van der Waals surface area contributed by atoms with Crippen LogP contribution in [0, 0.1) is 6.92 Å². The summed E-state index contributed by atoms with van der Waals surface area (Å²) in [5.41, 5.74) is 1.97. The third-order valence-corrected chi connectivity index (χ3v) is 4.52. The molecule has 0 saturated carbocycles. The number of furan rings is 1. The second-order valence-corrected chi connectivity index (χ2v) is 6.89. The Balaban J connectivity index is 1.63. The van der Waals surface area contributed by atoms with Crippen LogP contribution in [0.2, 0.25) is 0 Å². The maximum absolute atomic E-state index is 12.7. The molecule has 0 atom stereocenters. The van der Waals surface area contributed by atoms with Crippen LogP contribution >= 0.6 is 15.9 Å². The van der Waals surface area contributed by atoms with Gasteiger partial charge in [0.1, 0.15) is 11.5 Å². The van der Waals surface area contributed by atoms with Gasteiger partial charge >= 0.3 is 5.97 Å². The van der Waals surface area contributed by atoms with E-state index in [0.717, 1.165) is 10.0 Å². The van der Waals surface area contributed by atoms with Gasteiger partial charge in [-0.3, -0.25) is 4.79 Å². The number of benzene rings is 2. The zero-order valence-corrected chi connectivity index (χ0v) is 15.8. The van der Waals surface area contributed by atoms with E-state index in [1.807, 2.05) is 24.3 Å². The molecule has 0 N–H and O–H groups in total. The topological polar surface area (TPSA) is 65.7 Å². The number of esters is 1. The zero-order chi connectivity index (χ0) is 19.0. The Morgan fingerprint density at radius 1 is 1.15 bits per heavy atom. The van der Waals surface area contributed by atoms with Crippen molar-refractivity contribution in [1.82, 2.24) is 0 Å². The first-order chi connectivity index (χ1) is 13.0. The molecule has 1 aliphatic heterocycles. The van der Waals surface area contributed by atoms with Crippen LogP contribution in [0.15, 0.2) is 69.4 Å². The number of ether oxygens (including phenoxy) is 2. The first kappa shape index (κ1) is 17.3. The predicted molar refractivity (Wildman–Crippen MR) is 102 cm³/mol. The molecule has 27 heavy (non-hydrogen) atoms. The van der Waals surface area contributed by atoms with Crippen molar-refractivity contribution in [2.75, 3.05) is 0 Å². The molecule has 134 valence electrons. The predicted octanol–water partition coefficient (Wildman–Crippen LogP) is 5.19. The standard InChI is InChI=1S/C21H13BrO5/c1-12-8-15(26-21(24)16-6-3-7-25-16)11-17-19(12)20(23)18(27-17)10-13-4-2-5-14(22)9-13/h2-11H,1H3/b18-10-. The molecule has 4 rings (SSSR count). The second kappa shape index (κ2) is 6.89. The molecule has 0 fully saturated rings. The molecular weight excluding hydrogens is 412 g/mol. The highest BCUT2D eigenvalue weighted by Crippen LogP contribution is 2.37. The molecule has 0 amide bonds. The number of carbonyl (C=O) groups excluding carboxylic acids is 2. The van der Waals surface area contributed by atoms with E-state index >= 15 is 0 Å². The second-order valence-electron chi connectivity index (χ2n) is 5.97. The van der Waals surface area contributed by atoms with Gasteiger partial charge in [-0.05, 0) is 54.5 Å². The minimum Gasteiger partial charge on any atom is -0.457 e. The Labute approximate surface area is 163 Å². The summed E-state index contributed by atoms with van der Waals surface area (Å²) in [4.78, 5) is 24.7. The molecule has 0 aliphatic carbocycles. The molecule has 3 aromatic rings. The highest BCUT2D eigenvalue weighted by Gasteiger charge is 2.30. The lowest BCUT2D eigenvalue weighted by molar-refractivity contribution is 0.0701. The van der Waals surface area contributed by atoms with Crippen LogP contribution in [-0.2, 0) is 0 Å². The Kier molecular flexibility index (Phi) is 4.41. The van der Waals surface area contributed by atoms with E-state index in [4.69, 9.17) is 13.9 Å². The van der Waals surface area contributed by atoms with Crippen LogP contribution in [0.4, 0.5) is 0 Å². The number of Topliss-reactive ketones (excluding diaryl/α,β-unsaturated/α-hetero) is 1. The summed E-state index contributed by atoms with van der Waals surface area (Å²) in [6, 6.07) is 13.8. The monoisotopic (exact) mass is 424 g/mol. The average molecular weight is 425 g/mol. The summed E-state index contributed by atoms with van der Waals surface area (Å²) in [6.45, 7) is 1.77. The Morgan fingerprint density at radius 2 is 2.00 bits per heavy atom. The molecule has 6 heteroatoms. The number of fused-ring (bicyclic) bond motifs is 1. The van der Waals surface area contributed by atoms with Crippen LogP contribution < -0.4 is 9.47 Å². The Morgan fingerprint density at radius 3 is 2.74 bits per heavy atom. The Bertz CT molecular complexity index is 1080. The van der Waals surface area contributed by atoms with Crippen molar-refractivity contribution in [3.63, 3.8) is 0 Å². The fourth-order valence-corrected chi connectivity index (χ4v) is 3.25. The van der Waals surface area contributed by atoms with Gasteiger partial charge in [-0.15, -0.1) is 0 Å². The van der Waals surface area contributed by atoms with E-state index in [1.54, 1.807) is 25.1 Å². The van der Waals surface area contributed by atoms with Gasteiger partial charge in [-0.25, -0.2) is 4.79 Å². The van der Waals surface area contributed by atoms with E-state index in [1.165, 1.54) is 18.4 Å². The fourth-order valence-electron chi connectivity index (χ4n) is 2.84. The lowest BCUT2D eigenvalue weighted by Gasteiger charge is -2.06. The molecule has 0 unspecified atom stereocenters. The van der Waals surface area contributed by atoms with Gasteiger partial charge in [0.2, 0.25) is 11.5 Å². The molecule has 0 radical (unpaired) electrons. The molecule has 2 aromatic carbocycles.